The third-order valence-electron chi connectivity index (χ3n) is 2.60. The summed E-state index contributed by atoms with van der Waals surface area (Å²) in [6, 6.07) is 6.30. The van der Waals surface area contributed by atoms with Gasteiger partial charge in [0.2, 0.25) is 0 Å². The molecule has 0 amide bonds. The monoisotopic (exact) mass is 221 g/mol. The first-order valence-corrected chi connectivity index (χ1v) is 5.79. The van der Waals surface area contributed by atoms with Gasteiger partial charge in [0.05, 0.1) is 6.61 Å². The Hall–Kier alpha value is -1.02. The van der Waals surface area contributed by atoms with Crippen LogP contribution in [0.2, 0.25) is 0 Å². The van der Waals surface area contributed by atoms with Gasteiger partial charge < -0.3 is 10.1 Å². The van der Waals surface area contributed by atoms with Gasteiger partial charge in [-0.05, 0) is 32.5 Å². The zero-order chi connectivity index (χ0) is 12.2. The molecule has 1 aromatic carbocycles. The molecule has 0 aromatic heterocycles. The van der Waals surface area contributed by atoms with Crippen molar-refractivity contribution in [3.63, 3.8) is 0 Å². The van der Waals surface area contributed by atoms with Crippen LogP contribution < -0.4 is 10.1 Å². The lowest BCUT2D eigenvalue weighted by molar-refractivity contribution is 0.178. The number of nitrogens with one attached hydrogen (secondary N) is 1. The third kappa shape index (κ3) is 3.86. The van der Waals surface area contributed by atoms with Gasteiger partial charge in [-0.3, -0.25) is 0 Å². The summed E-state index contributed by atoms with van der Waals surface area (Å²) in [7, 11) is 1.97. The molecule has 0 fully saturated rings. The van der Waals surface area contributed by atoms with Crippen molar-refractivity contribution in [3.05, 3.63) is 29.3 Å². The van der Waals surface area contributed by atoms with Crippen molar-refractivity contribution >= 4 is 0 Å². The second kappa shape index (κ2) is 5.35. The lowest BCUT2D eigenvalue weighted by Gasteiger charge is -2.24. The topological polar surface area (TPSA) is 21.3 Å². The normalized spacial score (nSPS) is 11.6. The van der Waals surface area contributed by atoms with Gasteiger partial charge in [0.15, 0.2) is 0 Å². The van der Waals surface area contributed by atoms with Crippen LogP contribution in [0.1, 0.15) is 25.0 Å². The molecule has 0 atom stereocenters. The summed E-state index contributed by atoms with van der Waals surface area (Å²) < 4.78 is 5.87. The highest BCUT2D eigenvalue weighted by Gasteiger charge is 2.18. The summed E-state index contributed by atoms with van der Waals surface area (Å²) in [5, 5.41) is 3.19. The maximum atomic E-state index is 5.87. The molecule has 0 aliphatic rings. The van der Waals surface area contributed by atoms with E-state index in [9.17, 15) is 0 Å². The van der Waals surface area contributed by atoms with E-state index in [0.717, 1.165) is 18.9 Å². The molecular weight excluding hydrogens is 198 g/mol. The molecule has 0 unspecified atom stereocenters. The Morgan fingerprint density at radius 2 is 1.94 bits per heavy atom. The second-order valence-corrected chi connectivity index (χ2v) is 5.25. The molecule has 0 saturated carbocycles. The molecule has 0 aliphatic carbocycles. The zero-order valence-electron chi connectivity index (χ0n) is 11.1. The van der Waals surface area contributed by atoms with E-state index in [1.807, 2.05) is 7.05 Å². The van der Waals surface area contributed by atoms with Crippen LogP contribution in [0.4, 0.5) is 0 Å². The average molecular weight is 221 g/mol. The molecule has 0 saturated heterocycles. The molecule has 16 heavy (non-hydrogen) atoms. The molecule has 0 bridgehead atoms. The Kier molecular flexibility index (Phi) is 4.36. The van der Waals surface area contributed by atoms with Crippen LogP contribution in [-0.4, -0.2) is 20.2 Å². The van der Waals surface area contributed by atoms with E-state index >= 15 is 0 Å². The van der Waals surface area contributed by atoms with Gasteiger partial charge in [-0.2, -0.15) is 0 Å². The summed E-state index contributed by atoms with van der Waals surface area (Å²) in [6.07, 6.45) is 0. The summed E-state index contributed by atoms with van der Waals surface area (Å²) in [6.45, 7) is 10.3. The molecule has 0 aliphatic heterocycles. The second-order valence-electron chi connectivity index (χ2n) is 5.25. The minimum Gasteiger partial charge on any atom is -0.493 e. The van der Waals surface area contributed by atoms with Crippen molar-refractivity contribution in [3.8, 4) is 5.75 Å². The molecule has 1 aromatic rings. The van der Waals surface area contributed by atoms with Gasteiger partial charge in [-0.15, -0.1) is 0 Å². The van der Waals surface area contributed by atoms with E-state index in [0.29, 0.717) is 0 Å². The molecule has 2 nitrogen and oxygen atoms in total. The Morgan fingerprint density at radius 3 is 2.50 bits per heavy atom. The standard InChI is InChI=1S/C14H23NO/c1-11-6-7-13(12(2)8-11)16-10-14(3,4)9-15-5/h6-8,15H,9-10H2,1-5H3. The van der Waals surface area contributed by atoms with Gasteiger partial charge in [0, 0.05) is 12.0 Å². The highest BCUT2D eigenvalue weighted by atomic mass is 16.5. The maximum absolute atomic E-state index is 5.87. The molecule has 1 N–H and O–H groups in total. The Labute approximate surface area is 99.0 Å². The molecule has 0 heterocycles. The minimum atomic E-state index is 0.159. The van der Waals surface area contributed by atoms with Crippen LogP contribution in [0.25, 0.3) is 0 Å². The van der Waals surface area contributed by atoms with Gasteiger partial charge >= 0.3 is 0 Å². The highest BCUT2D eigenvalue weighted by molar-refractivity contribution is 5.35. The van der Waals surface area contributed by atoms with E-state index in [4.69, 9.17) is 4.74 Å². The molecule has 0 radical (unpaired) electrons. The van der Waals surface area contributed by atoms with Crippen LogP contribution in [-0.2, 0) is 0 Å². The summed E-state index contributed by atoms with van der Waals surface area (Å²) in [5.41, 5.74) is 2.64. The van der Waals surface area contributed by atoms with E-state index in [1.165, 1.54) is 11.1 Å². The van der Waals surface area contributed by atoms with Crippen LogP contribution in [0, 0.1) is 19.3 Å². The zero-order valence-corrected chi connectivity index (χ0v) is 11.1. The number of rotatable bonds is 5. The predicted molar refractivity (Wildman–Crippen MR) is 69.1 cm³/mol. The maximum Gasteiger partial charge on any atom is 0.122 e. The van der Waals surface area contributed by atoms with Gasteiger partial charge in [-0.25, -0.2) is 0 Å². The summed E-state index contributed by atoms with van der Waals surface area (Å²) in [5.74, 6) is 0.995. The molecule has 0 spiro atoms. The minimum absolute atomic E-state index is 0.159. The van der Waals surface area contributed by atoms with Crippen LogP contribution in [0.5, 0.6) is 5.75 Å². The number of aryl methyl sites for hydroxylation is 2. The largest absolute Gasteiger partial charge is 0.493 e. The molecule has 2 heteroatoms. The van der Waals surface area contributed by atoms with Gasteiger partial charge in [0.1, 0.15) is 5.75 Å². The van der Waals surface area contributed by atoms with Crippen LogP contribution in [0.3, 0.4) is 0 Å². The summed E-state index contributed by atoms with van der Waals surface area (Å²) >= 11 is 0. The first-order chi connectivity index (χ1) is 7.44. The predicted octanol–water partition coefficient (Wildman–Crippen LogP) is 2.93. The first kappa shape index (κ1) is 13.0. The fourth-order valence-electron chi connectivity index (χ4n) is 1.76. The third-order valence-corrected chi connectivity index (χ3v) is 2.60. The highest BCUT2D eigenvalue weighted by Crippen LogP contribution is 2.22. The lowest BCUT2D eigenvalue weighted by Crippen LogP contribution is -2.32. The van der Waals surface area contributed by atoms with E-state index in [1.54, 1.807) is 0 Å². The molecule has 1 rings (SSSR count). The van der Waals surface area contributed by atoms with E-state index in [2.05, 4.69) is 51.2 Å². The SMILES string of the molecule is CNCC(C)(C)COc1ccc(C)cc1C. The van der Waals surface area contributed by atoms with Crippen molar-refractivity contribution in [2.24, 2.45) is 5.41 Å². The van der Waals surface area contributed by atoms with Crippen molar-refractivity contribution in [2.45, 2.75) is 27.7 Å². The quantitative estimate of drug-likeness (QED) is 0.825. The Balaban J connectivity index is 2.61. The van der Waals surface area contributed by atoms with E-state index in [-0.39, 0.29) is 5.41 Å². The summed E-state index contributed by atoms with van der Waals surface area (Å²) in [4.78, 5) is 0. The first-order valence-electron chi connectivity index (χ1n) is 5.79. The molecular formula is C14H23NO. The molecule has 90 valence electrons. The lowest BCUT2D eigenvalue weighted by atomic mass is 9.95. The number of hydrogen-bond donors (Lipinski definition) is 1. The average Bonchev–Trinajstić information content (AvgIpc) is 2.16. The number of ether oxygens (including phenoxy) is 1. The number of hydrogen-bond acceptors (Lipinski definition) is 2. The van der Waals surface area contributed by atoms with Crippen LogP contribution in [0.15, 0.2) is 18.2 Å². The fraction of sp³-hybridized carbons (Fsp3) is 0.571. The Bertz CT molecular complexity index is 345. The van der Waals surface area contributed by atoms with Crippen molar-refractivity contribution in [1.29, 1.82) is 0 Å². The van der Waals surface area contributed by atoms with Crippen molar-refractivity contribution in [1.82, 2.24) is 5.32 Å². The van der Waals surface area contributed by atoms with Gasteiger partial charge in [-0.1, -0.05) is 31.5 Å². The number of benzene rings is 1. The fourth-order valence-corrected chi connectivity index (χ4v) is 1.76. The van der Waals surface area contributed by atoms with Crippen LogP contribution >= 0.6 is 0 Å². The van der Waals surface area contributed by atoms with Gasteiger partial charge in [0.25, 0.3) is 0 Å². The Morgan fingerprint density at radius 1 is 1.25 bits per heavy atom. The van der Waals surface area contributed by atoms with Crippen molar-refractivity contribution in [2.75, 3.05) is 20.2 Å². The smallest absolute Gasteiger partial charge is 0.122 e. The van der Waals surface area contributed by atoms with E-state index < -0.39 is 0 Å². The van der Waals surface area contributed by atoms with Crippen molar-refractivity contribution < 1.29 is 4.74 Å².